The number of imidazole rings is 1. The molecule has 1 aliphatic heterocycles. The van der Waals surface area contributed by atoms with Gasteiger partial charge in [0.2, 0.25) is 5.95 Å². The molecule has 0 saturated carbocycles. The lowest BCUT2D eigenvalue weighted by Crippen LogP contribution is -2.33. The summed E-state index contributed by atoms with van der Waals surface area (Å²) >= 11 is 0. The molecule has 0 saturated heterocycles. The highest BCUT2D eigenvalue weighted by molar-refractivity contribution is 6.01. The number of carbonyl (C=O) groups is 1. The number of carbonyl (C=O) groups excluding carboxylic acids is 1. The van der Waals surface area contributed by atoms with Gasteiger partial charge < -0.3 is 9.73 Å². The molecule has 1 aliphatic carbocycles. The summed E-state index contributed by atoms with van der Waals surface area (Å²) in [4.78, 5) is 18.2. The van der Waals surface area contributed by atoms with Gasteiger partial charge in [-0.25, -0.2) is 4.98 Å². The molecule has 5 nitrogen and oxygen atoms in total. The molecule has 142 valence electrons. The second-order valence-corrected chi connectivity index (χ2v) is 7.67. The van der Waals surface area contributed by atoms with Crippen LogP contribution in [-0.2, 0) is 4.79 Å². The lowest BCUT2D eigenvalue weighted by molar-refractivity contribution is -0.116. The summed E-state index contributed by atoms with van der Waals surface area (Å²) in [6.45, 7) is 0. The molecule has 0 amide bonds. The van der Waals surface area contributed by atoms with Crippen LogP contribution in [0, 0.1) is 0 Å². The Hall–Kier alpha value is -3.60. The van der Waals surface area contributed by atoms with E-state index in [1.165, 1.54) is 0 Å². The van der Waals surface area contributed by atoms with E-state index in [0.29, 0.717) is 6.42 Å². The molecule has 2 aliphatic rings. The fourth-order valence-electron chi connectivity index (χ4n) is 4.70. The van der Waals surface area contributed by atoms with Crippen molar-refractivity contribution in [1.82, 2.24) is 9.55 Å². The first-order chi connectivity index (χ1) is 14.3. The molecule has 0 fully saturated rings. The molecule has 1 N–H and O–H groups in total. The highest BCUT2D eigenvalue weighted by Gasteiger charge is 2.40. The quantitative estimate of drug-likeness (QED) is 0.528. The zero-order chi connectivity index (χ0) is 19.4. The number of hydrogen-bond acceptors (Lipinski definition) is 4. The normalized spacial score (nSPS) is 21.0. The minimum atomic E-state index is -0.181. The summed E-state index contributed by atoms with van der Waals surface area (Å²) in [5.41, 5.74) is 4.84. The van der Waals surface area contributed by atoms with Crippen LogP contribution in [0.4, 0.5) is 5.95 Å². The number of nitrogens with one attached hydrogen (secondary N) is 1. The molecular weight excluding hydrogens is 362 g/mol. The second kappa shape index (κ2) is 6.21. The number of hydrogen-bond donors (Lipinski definition) is 1. The number of fused-ring (bicyclic) bond motifs is 3. The number of anilines is 1. The van der Waals surface area contributed by atoms with Crippen LogP contribution >= 0.6 is 0 Å². The zero-order valence-electron chi connectivity index (χ0n) is 15.7. The van der Waals surface area contributed by atoms with Gasteiger partial charge in [0.05, 0.1) is 23.3 Å². The Morgan fingerprint density at radius 3 is 2.62 bits per heavy atom. The molecule has 6 rings (SSSR count). The summed E-state index contributed by atoms with van der Waals surface area (Å²) in [5, 5.41) is 3.48. The Balaban J connectivity index is 1.56. The summed E-state index contributed by atoms with van der Waals surface area (Å²) in [6.07, 6.45) is 2.87. The molecule has 3 heterocycles. The van der Waals surface area contributed by atoms with Crippen LogP contribution in [0.5, 0.6) is 0 Å². The van der Waals surface area contributed by atoms with E-state index in [1.807, 2.05) is 48.5 Å². The van der Waals surface area contributed by atoms with Crippen LogP contribution in [0.2, 0.25) is 0 Å². The lowest BCUT2D eigenvalue weighted by atomic mass is 9.79. The summed E-state index contributed by atoms with van der Waals surface area (Å²) in [5.74, 6) is 1.86. The Kier molecular flexibility index (Phi) is 3.50. The van der Waals surface area contributed by atoms with Crippen LogP contribution in [-0.4, -0.2) is 15.3 Å². The van der Waals surface area contributed by atoms with E-state index in [4.69, 9.17) is 9.40 Å². The zero-order valence-corrected chi connectivity index (χ0v) is 15.7. The highest BCUT2D eigenvalue weighted by atomic mass is 16.3. The van der Waals surface area contributed by atoms with Crippen molar-refractivity contribution in [2.45, 2.75) is 24.8 Å². The van der Waals surface area contributed by atoms with Gasteiger partial charge >= 0.3 is 0 Å². The monoisotopic (exact) mass is 381 g/mol. The Morgan fingerprint density at radius 1 is 0.966 bits per heavy atom. The molecule has 5 heteroatoms. The van der Waals surface area contributed by atoms with E-state index in [9.17, 15) is 4.79 Å². The van der Waals surface area contributed by atoms with Crippen molar-refractivity contribution in [1.29, 1.82) is 0 Å². The van der Waals surface area contributed by atoms with Crippen LogP contribution in [0.25, 0.3) is 11.0 Å². The van der Waals surface area contributed by atoms with Gasteiger partial charge in [0.25, 0.3) is 0 Å². The standard InChI is InChI=1S/C24H19N3O2/c28-20-14-16(21-11-6-12-29-21)13-18-22(20)23(15-7-2-1-3-8-15)27-19-10-5-4-9-17(19)25-24(27)26-18/h1-12,16,23H,13-14H2,(H,25,26)/t16-,23-/m1/s1. The number of furan rings is 1. The SMILES string of the molecule is O=C1C[C@H](c2ccco2)CC2=C1[C@@H](c1ccccc1)n1c(nc3ccccc31)N2. The van der Waals surface area contributed by atoms with Gasteiger partial charge in [0.15, 0.2) is 5.78 Å². The average Bonchev–Trinajstić information content (AvgIpc) is 3.40. The van der Waals surface area contributed by atoms with Crippen molar-refractivity contribution in [2.75, 3.05) is 5.32 Å². The molecule has 2 atom stereocenters. The Morgan fingerprint density at radius 2 is 1.79 bits per heavy atom. The Bertz CT molecular complexity index is 1250. The van der Waals surface area contributed by atoms with Crippen molar-refractivity contribution >= 4 is 22.8 Å². The highest BCUT2D eigenvalue weighted by Crippen LogP contribution is 2.45. The van der Waals surface area contributed by atoms with Crippen molar-refractivity contribution in [2.24, 2.45) is 0 Å². The first kappa shape index (κ1) is 16.4. The molecule has 0 radical (unpaired) electrons. The smallest absolute Gasteiger partial charge is 0.209 e. The maximum atomic E-state index is 13.4. The van der Waals surface area contributed by atoms with Crippen LogP contribution in [0.1, 0.15) is 36.1 Å². The molecular formula is C24H19N3O2. The van der Waals surface area contributed by atoms with Gasteiger partial charge in [-0.1, -0.05) is 42.5 Å². The number of rotatable bonds is 2. The number of allylic oxidation sites excluding steroid dienone is 2. The first-order valence-corrected chi connectivity index (χ1v) is 9.88. The molecule has 2 aromatic carbocycles. The van der Waals surface area contributed by atoms with E-state index in [2.05, 4.69) is 28.1 Å². The summed E-state index contributed by atoms with van der Waals surface area (Å²) < 4.78 is 7.77. The Labute approximate surface area is 167 Å². The number of Topliss-reactive ketones (excluding diaryl/α,β-unsaturated/α-hetero) is 1. The number of para-hydroxylation sites is 2. The van der Waals surface area contributed by atoms with Crippen LogP contribution in [0.3, 0.4) is 0 Å². The molecule has 0 bridgehead atoms. The minimum absolute atomic E-state index is 0.0519. The largest absolute Gasteiger partial charge is 0.469 e. The maximum absolute atomic E-state index is 13.4. The first-order valence-electron chi connectivity index (χ1n) is 9.88. The van der Waals surface area contributed by atoms with Crippen LogP contribution < -0.4 is 5.32 Å². The fraction of sp³-hybridized carbons (Fsp3) is 0.167. The van der Waals surface area contributed by atoms with Crippen molar-refractivity contribution in [3.05, 3.63) is 95.6 Å². The number of ketones is 1. The van der Waals surface area contributed by atoms with E-state index >= 15 is 0 Å². The fourth-order valence-corrected chi connectivity index (χ4v) is 4.70. The number of benzene rings is 2. The molecule has 0 unspecified atom stereocenters. The minimum Gasteiger partial charge on any atom is -0.469 e. The van der Waals surface area contributed by atoms with Crippen molar-refractivity contribution in [3.8, 4) is 0 Å². The summed E-state index contributed by atoms with van der Waals surface area (Å²) in [7, 11) is 0. The number of aromatic nitrogens is 2. The van der Waals surface area contributed by atoms with Gasteiger partial charge in [-0.15, -0.1) is 0 Å². The maximum Gasteiger partial charge on any atom is 0.209 e. The second-order valence-electron chi connectivity index (χ2n) is 7.67. The van der Waals surface area contributed by atoms with Gasteiger partial charge in [-0.2, -0.15) is 0 Å². The van der Waals surface area contributed by atoms with E-state index in [0.717, 1.165) is 46.0 Å². The van der Waals surface area contributed by atoms with E-state index in [1.54, 1.807) is 6.26 Å². The van der Waals surface area contributed by atoms with Gasteiger partial charge in [0, 0.05) is 23.6 Å². The predicted molar refractivity (Wildman–Crippen MR) is 111 cm³/mol. The predicted octanol–water partition coefficient (Wildman–Crippen LogP) is 5.05. The molecule has 0 spiro atoms. The van der Waals surface area contributed by atoms with E-state index < -0.39 is 0 Å². The van der Waals surface area contributed by atoms with Gasteiger partial charge in [-0.3, -0.25) is 9.36 Å². The van der Waals surface area contributed by atoms with Gasteiger partial charge in [-0.05, 0) is 36.2 Å². The number of nitrogens with zero attached hydrogens (tertiary/aromatic N) is 2. The van der Waals surface area contributed by atoms with Crippen molar-refractivity contribution < 1.29 is 9.21 Å². The molecule has 4 aromatic rings. The molecule has 2 aromatic heterocycles. The third-order valence-corrected chi connectivity index (χ3v) is 5.96. The van der Waals surface area contributed by atoms with Gasteiger partial charge in [0.1, 0.15) is 5.76 Å². The van der Waals surface area contributed by atoms with Crippen molar-refractivity contribution in [3.63, 3.8) is 0 Å². The topological polar surface area (TPSA) is 60.1 Å². The summed E-state index contributed by atoms with van der Waals surface area (Å²) in [6, 6.07) is 22.0. The lowest BCUT2D eigenvalue weighted by Gasteiger charge is -2.35. The third kappa shape index (κ3) is 2.47. The third-order valence-electron chi connectivity index (χ3n) is 5.96. The van der Waals surface area contributed by atoms with E-state index in [-0.39, 0.29) is 17.7 Å². The van der Waals surface area contributed by atoms with Crippen LogP contribution in [0.15, 0.2) is 88.7 Å². The molecule has 29 heavy (non-hydrogen) atoms. The average molecular weight is 381 g/mol.